The van der Waals surface area contributed by atoms with Crippen molar-refractivity contribution in [3.05, 3.63) is 158 Å². The topological polar surface area (TPSA) is 62.1 Å². The number of hydrogen-bond acceptors (Lipinski definition) is 6. The lowest BCUT2D eigenvalue weighted by atomic mass is 10.0. The Labute approximate surface area is 282 Å². The Morgan fingerprint density at radius 3 is 1.73 bits per heavy atom. The third-order valence-corrected chi connectivity index (χ3v) is 8.71. The van der Waals surface area contributed by atoms with Gasteiger partial charge in [0, 0.05) is 27.9 Å². The van der Waals surface area contributed by atoms with Gasteiger partial charge in [-0.05, 0) is 60.2 Å². The molecule has 2 aromatic heterocycles. The first-order valence-electron chi connectivity index (χ1n) is 15.8. The molecule has 7 heteroatoms. The largest absolute Gasteiger partial charge is 0.490 e. The molecule has 0 saturated heterocycles. The highest BCUT2D eigenvalue weighted by atomic mass is 32.1. The maximum absolute atomic E-state index is 6.07. The Morgan fingerprint density at radius 2 is 1.08 bits per heavy atom. The van der Waals surface area contributed by atoms with Crippen molar-refractivity contribution in [1.29, 1.82) is 0 Å². The average Bonchev–Trinajstić information content (AvgIpc) is 3.81. The van der Waals surface area contributed by atoms with Crippen LogP contribution >= 0.6 is 11.7 Å². The van der Waals surface area contributed by atoms with Gasteiger partial charge < -0.3 is 9.47 Å². The number of para-hydroxylation sites is 1. The zero-order chi connectivity index (χ0) is 32.1. The molecule has 0 radical (unpaired) electrons. The minimum Gasteiger partial charge on any atom is -0.490 e. The quantitative estimate of drug-likeness (QED) is 0.139. The molecule has 0 aliphatic carbocycles. The van der Waals surface area contributed by atoms with Crippen LogP contribution in [0.5, 0.6) is 11.5 Å². The Balaban J connectivity index is 1.01. The molecule has 6 aromatic carbocycles. The molecule has 48 heavy (non-hydrogen) atoms. The molecule has 2 heterocycles. The number of ether oxygens (including phenoxy) is 2. The molecule has 0 saturated carbocycles. The van der Waals surface area contributed by atoms with Crippen molar-refractivity contribution < 1.29 is 9.47 Å². The third-order valence-electron chi connectivity index (χ3n) is 8.17. The lowest BCUT2D eigenvalue weighted by Gasteiger charge is -2.14. The van der Waals surface area contributed by atoms with E-state index >= 15 is 0 Å². The van der Waals surface area contributed by atoms with Gasteiger partial charge in [0.25, 0.3) is 0 Å². The van der Waals surface area contributed by atoms with Gasteiger partial charge in [0.1, 0.15) is 41.6 Å². The minimum absolute atomic E-state index is 0.417. The summed E-state index contributed by atoms with van der Waals surface area (Å²) in [5, 5.41) is 0. The third kappa shape index (κ3) is 5.95. The Bertz CT molecular complexity index is 2270. The van der Waals surface area contributed by atoms with Gasteiger partial charge >= 0.3 is 0 Å². The zero-order valence-electron chi connectivity index (χ0n) is 25.9. The van der Waals surface area contributed by atoms with E-state index in [9.17, 15) is 0 Å². The highest BCUT2D eigenvalue weighted by Gasteiger charge is 2.22. The molecular weight excluding hydrogens is 613 g/mol. The second kappa shape index (κ2) is 13.4. The van der Waals surface area contributed by atoms with E-state index in [1.54, 1.807) is 0 Å². The maximum Gasteiger partial charge on any atom is 0.145 e. The van der Waals surface area contributed by atoms with E-state index in [1.807, 2.05) is 54.6 Å². The summed E-state index contributed by atoms with van der Waals surface area (Å²) in [6, 6.07) is 53.5. The smallest absolute Gasteiger partial charge is 0.145 e. The van der Waals surface area contributed by atoms with Crippen LogP contribution in [0.3, 0.4) is 0 Å². The van der Waals surface area contributed by atoms with Crippen molar-refractivity contribution in [3.8, 4) is 62.2 Å². The fraction of sp³-hybridized carbons (Fsp3) is 0.0488. The normalized spacial score (nSPS) is 11.1. The van der Waals surface area contributed by atoms with E-state index in [2.05, 4.69) is 116 Å². The van der Waals surface area contributed by atoms with Gasteiger partial charge in [0.15, 0.2) is 0 Å². The summed E-state index contributed by atoms with van der Waals surface area (Å²) in [4.78, 5) is 5.28. The summed E-state index contributed by atoms with van der Waals surface area (Å²) < 4.78 is 23.1. The number of fused-ring (bicyclic) bond motifs is 1. The van der Waals surface area contributed by atoms with E-state index in [0.29, 0.717) is 13.2 Å². The van der Waals surface area contributed by atoms with Crippen LogP contribution in [0.15, 0.2) is 158 Å². The molecule has 232 valence electrons. The molecule has 0 aliphatic heterocycles. The van der Waals surface area contributed by atoms with Crippen molar-refractivity contribution in [2.75, 3.05) is 13.2 Å². The minimum atomic E-state index is 0.417. The van der Waals surface area contributed by atoms with Crippen LogP contribution in [0.25, 0.3) is 61.8 Å². The van der Waals surface area contributed by atoms with Crippen molar-refractivity contribution in [2.24, 2.45) is 0 Å². The van der Waals surface area contributed by atoms with Gasteiger partial charge in [-0.1, -0.05) is 103 Å². The molecular formula is C41H30N4O2S. The van der Waals surface area contributed by atoms with Gasteiger partial charge in [0.05, 0.1) is 23.1 Å². The first-order chi connectivity index (χ1) is 23.8. The molecule has 0 amide bonds. The molecule has 0 aliphatic rings. The van der Waals surface area contributed by atoms with Crippen molar-refractivity contribution in [1.82, 2.24) is 18.3 Å². The summed E-state index contributed by atoms with van der Waals surface area (Å²) in [6.45, 7) is 0.839. The van der Waals surface area contributed by atoms with Crippen LogP contribution in [0.4, 0.5) is 0 Å². The SMILES string of the molecule is c1ccc(-c2nc(-c3ccc(OCCOc4ccc(-c5cccc6nsnc56)cc4)cc3)n(-c3ccccc3)c2-c2ccccc2)cc1. The molecule has 8 aromatic rings. The monoisotopic (exact) mass is 642 g/mol. The first-order valence-corrected chi connectivity index (χ1v) is 16.5. The van der Waals surface area contributed by atoms with E-state index in [4.69, 9.17) is 14.5 Å². The molecule has 0 N–H and O–H groups in total. The summed E-state index contributed by atoms with van der Waals surface area (Å²) in [6.07, 6.45) is 0. The molecule has 8 rings (SSSR count). The van der Waals surface area contributed by atoms with Crippen molar-refractivity contribution in [2.45, 2.75) is 0 Å². The van der Waals surface area contributed by atoms with Crippen LogP contribution in [-0.2, 0) is 0 Å². The van der Waals surface area contributed by atoms with Gasteiger partial charge in [-0.2, -0.15) is 8.75 Å². The van der Waals surface area contributed by atoms with Crippen LogP contribution < -0.4 is 9.47 Å². The lowest BCUT2D eigenvalue weighted by molar-refractivity contribution is 0.217. The number of benzene rings is 6. The number of imidazole rings is 1. The van der Waals surface area contributed by atoms with Crippen LogP contribution in [-0.4, -0.2) is 31.5 Å². The molecule has 0 fully saturated rings. The van der Waals surface area contributed by atoms with Crippen LogP contribution in [0.1, 0.15) is 0 Å². The molecule has 0 atom stereocenters. The first kappa shape index (κ1) is 29.4. The fourth-order valence-electron chi connectivity index (χ4n) is 5.89. The second-order valence-corrected chi connectivity index (χ2v) is 11.7. The molecule has 6 nitrogen and oxygen atoms in total. The van der Waals surface area contributed by atoms with Crippen molar-refractivity contribution in [3.63, 3.8) is 0 Å². The van der Waals surface area contributed by atoms with Gasteiger partial charge in [-0.3, -0.25) is 4.57 Å². The predicted octanol–water partition coefficient (Wildman–Crippen LogP) is 10.0. The fourth-order valence-corrected chi connectivity index (χ4v) is 6.44. The second-order valence-electron chi connectivity index (χ2n) is 11.2. The number of nitrogens with zero attached hydrogens (tertiary/aromatic N) is 4. The zero-order valence-corrected chi connectivity index (χ0v) is 26.8. The highest BCUT2D eigenvalue weighted by Crippen LogP contribution is 2.39. The van der Waals surface area contributed by atoms with Crippen LogP contribution in [0, 0.1) is 0 Å². The Kier molecular flexibility index (Phi) is 8.17. The van der Waals surface area contributed by atoms with Crippen LogP contribution in [0.2, 0.25) is 0 Å². The summed E-state index contributed by atoms with van der Waals surface area (Å²) in [7, 11) is 0. The highest BCUT2D eigenvalue weighted by molar-refractivity contribution is 7.00. The molecule has 0 unspecified atom stereocenters. The maximum atomic E-state index is 6.07. The van der Waals surface area contributed by atoms with E-state index in [1.165, 1.54) is 11.7 Å². The average molecular weight is 643 g/mol. The predicted molar refractivity (Wildman–Crippen MR) is 194 cm³/mol. The lowest BCUT2D eigenvalue weighted by Crippen LogP contribution is -2.09. The van der Waals surface area contributed by atoms with Gasteiger partial charge in [0.2, 0.25) is 0 Å². The Morgan fingerprint density at radius 1 is 0.500 bits per heavy atom. The number of rotatable bonds is 10. The van der Waals surface area contributed by atoms with Gasteiger partial charge in [-0.15, -0.1) is 0 Å². The van der Waals surface area contributed by atoms with E-state index in [0.717, 1.165) is 73.2 Å². The van der Waals surface area contributed by atoms with Gasteiger partial charge in [-0.25, -0.2) is 4.98 Å². The Hall–Kier alpha value is -6.05. The van der Waals surface area contributed by atoms with E-state index < -0.39 is 0 Å². The summed E-state index contributed by atoms with van der Waals surface area (Å²) >= 11 is 1.23. The standard InChI is InChI=1S/C41H30N4O2S/c1-4-11-30(12-5-1)38-40(31-13-6-2-7-14-31)45(33-15-8-3-9-16-33)41(42-38)32-21-25-35(26-22-32)47-28-27-46-34-23-19-29(20-24-34)36-17-10-18-37-39(36)44-48-43-37/h1-26H,27-28H2. The summed E-state index contributed by atoms with van der Waals surface area (Å²) in [5.41, 5.74) is 10.2. The molecule has 0 bridgehead atoms. The summed E-state index contributed by atoms with van der Waals surface area (Å²) in [5.74, 6) is 2.42. The number of aromatic nitrogens is 4. The van der Waals surface area contributed by atoms with Crippen molar-refractivity contribution >= 4 is 22.8 Å². The van der Waals surface area contributed by atoms with E-state index in [-0.39, 0.29) is 0 Å². The molecule has 0 spiro atoms. The number of hydrogen-bond donors (Lipinski definition) is 0.